The first-order valence-electron chi connectivity index (χ1n) is 12.4. The Bertz CT molecular complexity index is 980. The zero-order chi connectivity index (χ0) is 24.9. The summed E-state index contributed by atoms with van der Waals surface area (Å²) in [7, 11) is 0. The number of hydrogen-bond donors (Lipinski definition) is 3. The monoisotopic (exact) mass is 474 g/mol. The van der Waals surface area contributed by atoms with E-state index in [1.165, 1.54) is 23.6 Å². The van der Waals surface area contributed by atoms with Gasteiger partial charge in [-0.1, -0.05) is 25.5 Å². The Morgan fingerprint density at radius 1 is 1.06 bits per heavy atom. The average molecular weight is 475 g/mol. The van der Waals surface area contributed by atoms with Crippen molar-refractivity contribution in [1.29, 1.82) is 0 Å². The van der Waals surface area contributed by atoms with Crippen molar-refractivity contribution in [2.45, 2.75) is 103 Å². The molecule has 2 aliphatic carbocycles. The fourth-order valence-electron chi connectivity index (χ4n) is 6.25. The van der Waals surface area contributed by atoms with Crippen LogP contribution in [0.1, 0.15) is 93.9 Å². The van der Waals surface area contributed by atoms with Crippen molar-refractivity contribution in [2.75, 3.05) is 6.61 Å². The lowest BCUT2D eigenvalue weighted by molar-refractivity contribution is -0.248. The fraction of sp³-hybridized carbons (Fsp3) is 0.667. The van der Waals surface area contributed by atoms with Gasteiger partial charge < -0.3 is 29.5 Å². The molecule has 1 aromatic carbocycles. The van der Waals surface area contributed by atoms with Gasteiger partial charge in [-0.05, 0) is 74.5 Å². The Labute approximate surface area is 201 Å². The van der Waals surface area contributed by atoms with Crippen molar-refractivity contribution in [3.05, 3.63) is 33.9 Å². The molecule has 0 bridgehead atoms. The molecule has 0 radical (unpaired) electrons. The highest BCUT2D eigenvalue weighted by atomic mass is 16.7. The number of aliphatic hydroxyl groups is 2. The minimum Gasteiger partial charge on any atom is -0.504 e. The Morgan fingerprint density at radius 2 is 1.76 bits per heavy atom. The Kier molecular flexibility index (Phi) is 7.00. The van der Waals surface area contributed by atoms with E-state index in [0.29, 0.717) is 17.6 Å². The van der Waals surface area contributed by atoms with Crippen molar-refractivity contribution in [3.8, 4) is 11.5 Å². The molecule has 188 valence electrons. The van der Waals surface area contributed by atoms with Gasteiger partial charge in [0.2, 0.25) is 6.29 Å². The largest absolute Gasteiger partial charge is 0.504 e. The van der Waals surface area contributed by atoms with E-state index in [9.17, 15) is 20.1 Å². The van der Waals surface area contributed by atoms with Gasteiger partial charge in [-0.3, -0.25) is 4.79 Å². The molecule has 4 rings (SSSR count). The summed E-state index contributed by atoms with van der Waals surface area (Å²) < 4.78 is 16.8. The first-order chi connectivity index (χ1) is 16.0. The van der Waals surface area contributed by atoms with Crippen LogP contribution in [-0.4, -0.2) is 52.5 Å². The van der Waals surface area contributed by atoms with Gasteiger partial charge in [0.05, 0.1) is 6.61 Å². The molecule has 1 heterocycles. The number of allylic oxidation sites excluding steroid dienone is 2. The van der Waals surface area contributed by atoms with Crippen molar-refractivity contribution in [3.63, 3.8) is 0 Å². The number of rotatable bonds is 4. The summed E-state index contributed by atoms with van der Waals surface area (Å²) in [6.07, 6.45) is 0.466. The number of carbonyl (C=O) groups excluding carboxylic acids is 1. The Morgan fingerprint density at radius 3 is 2.41 bits per heavy atom. The predicted molar refractivity (Wildman–Crippen MR) is 127 cm³/mol. The first kappa shape index (κ1) is 25.0. The molecule has 8 atom stereocenters. The van der Waals surface area contributed by atoms with E-state index in [2.05, 4.69) is 33.8 Å². The maximum atomic E-state index is 11.4. The second-order valence-electron chi connectivity index (χ2n) is 10.6. The number of aromatic hydroxyl groups is 1. The molecular weight excluding hydrogens is 436 g/mol. The molecule has 0 amide bonds. The molecule has 7 heteroatoms. The number of hydrogen-bond acceptors (Lipinski definition) is 7. The zero-order valence-electron chi connectivity index (χ0n) is 21.0. The molecule has 1 fully saturated rings. The van der Waals surface area contributed by atoms with Crippen molar-refractivity contribution >= 4 is 5.97 Å². The predicted octanol–water partition coefficient (Wildman–Crippen LogP) is 4.16. The van der Waals surface area contributed by atoms with Gasteiger partial charge in [-0.2, -0.15) is 0 Å². The lowest BCUT2D eigenvalue weighted by Crippen LogP contribution is -2.56. The van der Waals surface area contributed by atoms with Crippen LogP contribution in [0.2, 0.25) is 0 Å². The zero-order valence-corrected chi connectivity index (χ0v) is 21.0. The summed E-state index contributed by atoms with van der Waals surface area (Å²) in [5, 5.41) is 32.6. The van der Waals surface area contributed by atoms with Crippen LogP contribution in [0, 0.1) is 12.8 Å². The van der Waals surface area contributed by atoms with Gasteiger partial charge in [0.15, 0.2) is 17.6 Å². The molecule has 1 saturated heterocycles. The molecule has 1 aromatic rings. The Hall–Kier alpha value is -2.09. The Balaban J connectivity index is 1.76. The van der Waals surface area contributed by atoms with Gasteiger partial charge in [0.25, 0.3) is 0 Å². The highest BCUT2D eigenvalue weighted by Gasteiger charge is 2.44. The number of aliphatic hydroxyl groups excluding tert-OH is 2. The average Bonchev–Trinajstić information content (AvgIpc) is 2.74. The van der Waals surface area contributed by atoms with Crippen LogP contribution in [0.3, 0.4) is 0 Å². The molecule has 0 aromatic heterocycles. The van der Waals surface area contributed by atoms with Crippen LogP contribution in [-0.2, 0) is 14.3 Å². The number of ether oxygens (including phenoxy) is 3. The quantitative estimate of drug-likeness (QED) is 0.444. The third kappa shape index (κ3) is 4.34. The van der Waals surface area contributed by atoms with E-state index in [1.807, 2.05) is 6.92 Å². The third-order valence-electron chi connectivity index (χ3n) is 7.77. The van der Waals surface area contributed by atoms with Gasteiger partial charge in [0.1, 0.15) is 12.2 Å². The maximum absolute atomic E-state index is 11.4. The number of phenols is 1. The van der Waals surface area contributed by atoms with E-state index in [4.69, 9.17) is 14.2 Å². The second-order valence-corrected chi connectivity index (χ2v) is 10.6. The molecule has 0 spiro atoms. The maximum Gasteiger partial charge on any atom is 0.303 e. The molecule has 0 unspecified atom stereocenters. The van der Waals surface area contributed by atoms with Gasteiger partial charge >= 0.3 is 5.97 Å². The second kappa shape index (κ2) is 9.51. The summed E-state index contributed by atoms with van der Waals surface area (Å²) >= 11 is 0. The summed E-state index contributed by atoms with van der Waals surface area (Å²) in [4.78, 5) is 11.3. The van der Waals surface area contributed by atoms with Crippen LogP contribution in [0.4, 0.5) is 0 Å². The third-order valence-corrected chi connectivity index (χ3v) is 7.77. The molecule has 3 N–H and O–H groups in total. The van der Waals surface area contributed by atoms with E-state index in [-0.39, 0.29) is 24.2 Å². The van der Waals surface area contributed by atoms with Crippen LogP contribution < -0.4 is 4.74 Å². The fourth-order valence-corrected chi connectivity index (χ4v) is 6.25. The number of phenolic OH excluding ortho intramolecular Hbond substituents is 1. The van der Waals surface area contributed by atoms with Crippen LogP contribution in [0.25, 0.3) is 0 Å². The smallest absolute Gasteiger partial charge is 0.303 e. The van der Waals surface area contributed by atoms with E-state index in [1.54, 1.807) is 0 Å². The number of benzene rings is 1. The van der Waals surface area contributed by atoms with Crippen molar-refractivity contribution < 1.29 is 34.3 Å². The summed E-state index contributed by atoms with van der Waals surface area (Å²) in [5.74, 6) is 1.16. The molecule has 3 aliphatic rings. The minimum absolute atomic E-state index is 0.103. The van der Waals surface area contributed by atoms with Crippen LogP contribution in [0.15, 0.2) is 11.6 Å². The minimum atomic E-state index is -1.44. The first-order valence-corrected chi connectivity index (χ1v) is 12.4. The highest BCUT2D eigenvalue weighted by molar-refractivity contribution is 5.66. The molecule has 1 aliphatic heterocycles. The summed E-state index contributed by atoms with van der Waals surface area (Å²) in [6, 6.07) is 0. The lowest BCUT2D eigenvalue weighted by Gasteiger charge is -2.44. The lowest BCUT2D eigenvalue weighted by atomic mass is 9.62. The van der Waals surface area contributed by atoms with E-state index < -0.39 is 30.6 Å². The normalized spacial score (nSPS) is 34.7. The SMILES string of the molecule is CC(=O)O[C@H]1CO[C@H](Oc2c(C)c3c4c(c2O)[C@@H](C)CC[C@@H]4[C@@H](C)C[C@H]3C=C(C)C)[C@H](O)[C@H]1O. The number of carbonyl (C=O) groups is 1. The van der Waals surface area contributed by atoms with Gasteiger partial charge in [0, 0.05) is 18.4 Å². The molecule has 34 heavy (non-hydrogen) atoms. The van der Waals surface area contributed by atoms with E-state index in [0.717, 1.165) is 30.4 Å². The molecule has 0 saturated carbocycles. The topological polar surface area (TPSA) is 105 Å². The van der Waals surface area contributed by atoms with Crippen LogP contribution in [0.5, 0.6) is 11.5 Å². The van der Waals surface area contributed by atoms with Gasteiger partial charge in [-0.25, -0.2) is 0 Å². The molecule has 7 nitrogen and oxygen atoms in total. The highest BCUT2D eigenvalue weighted by Crippen LogP contribution is 2.58. The number of esters is 1. The van der Waals surface area contributed by atoms with Crippen molar-refractivity contribution in [1.82, 2.24) is 0 Å². The summed E-state index contributed by atoms with van der Waals surface area (Å²) in [6.45, 7) is 11.7. The van der Waals surface area contributed by atoms with Crippen LogP contribution >= 0.6 is 0 Å². The van der Waals surface area contributed by atoms with Crippen molar-refractivity contribution in [2.24, 2.45) is 5.92 Å². The summed E-state index contributed by atoms with van der Waals surface area (Å²) in [5.41, 5.74) is 5.50. The van der Waals surface area contributed by atoms with Gasteiger partial charge in [-0.15, -0.1) is 0 Å². The van der Waals surface area contributed by atoms with E-state index >= 15 is 0 Å². The standard InChI is InChI=1S/C27H38O7/c1-12(2)9-17-10-14(4)18-8-7-13(3)20-22(18)21(17)15(5)26(24(20)30)34-27-25(31)23(29)19(11-32-27)33-16(6)28/h9,13-14,17-19,23,25,27,29-31H,7-8,10-11H2,1-6H3/t13-,14-,17+,18+,19-,23-,25+,27+/m0/s1. The molecular formula is C27H38O7.